The number of hydrogen-bond donors (Lipinski definition) is 3. The lowest BCUT2D eigenvalue weighted by Crippen LogP contribution is -2.38. The van der Waals surface area contributed by atoms with Gasteiger partial charge in [0.15, 0.2) is 0 Å². The Balaban J connectivity index is 1.70. The highest BCUT2D eigenvalue weighted by Gasteiger charge is 2.27. The Morgan fingerprint density at radius 1 is 1.52 bits per heavy atom. The number of rotatable bonds is 6. The lowest BCUT2D eigenvalue weighted by Gasteiger charge is -2.34. The Hall–Kier alpha value is -1.66. The maximum absolute atomic E-state index is 13.0. The molecule has 116 valence electrons. The van der Waals surface area contributed by atoms with E-state index in [0.29, 0.717) is 24.6 Å². The summed E-state index contributed by atoms with van der Waals surface area (Å²) in [5, 5.41) is 11.9. The van der Waals surface area contributed by atoms with E-state index in [0.717, 1.165) is 19.4 Å². The highest BCUT2D eigenvalue weighted by Crippen LogP contribution is 2.27. The molecule has 6 heteroatoms. The van der Waals surface area contributed by atoms with E-state index in [1.807, 2.05) is 7.05 Å². The molecule has 0 aromatic heterocycles. The number of hydrogen-bond acceptors (Lipinski definition) is 4. The summed E-state index contributed by atoms with van der Waals surface area (Å²) in [5.74, 6) is -0.0816. The minimum absolute atomic E-state index is 0.0217. The summed E-state index contributed by atoms with van der Waals surface area (Å²) in [4.78, 5) is 13.9. The lowest BCUT2D eigenvalue weighted by molar-refractivity contribution is -0.116. The van der Waals surface area contributed by atoms with E-state index in [2.05, 4.69) is 10.2 Å². The second-order valence-corrected chi connectivity index (χ2v) is 5.79. The zero-order valence-corrected chi connectivity index (χ0v) is 12.2. The molecule has 0 bridgehead atoms. The van der Waals surface area contributed by atoms with Crippen LogP contribution in [0.5, 0.6) is 0 Å². The van der Waals surface area contributed by atoms with Crippen molar-refractivity contribution in [1.82, 2.24) is 4.90 Å². The van der Waals surface area contributed by atoms with E-state index in [1.165, 1.54) is 18.2 Å². The van der Waals surface area contributed by atoms with Gasteiger partial charge in [0.2, 0.25) is 5.91 Å². The molecule has 0 unspecified atom stereocenters. The van der Waals surface area contributed by atoms with Crippen LogP contribution in [0.1, 0.15) is 19.3 Å². The normalized spacial score (nSPS) is 21.1. The Morgan fingerprint density at radius 2 is 2.24 bits per heavy atom. The Kier molecular flexibility index (Phi) is 5.14. The van der Waals surface area contributed by atoms with Crippen molar-refractivity contribution in [1.29, 1.82) is 0 Å². The standard InChI is InChI=1S/C15H22FN3O2/c1-19(9-10-6-12(20)7-10)5-4-15(21)18-11-2-3-13(16)14(17)8-11/h2-3,8,10,12,20H,4-7,9,17H2,1H3,(H,18,21). The Labute approximate surface area is 123 Å². The first kappa shape index (κ1) is 15.7. The van der Waals surface area contributed by atoms with Gasteiger partial charge in [0.05, 0.1) is 11.8 Å². The smallest absolute Gasteiger partial charge is 0.225 e. The molecule has 0 atom stereocenters. The second kappa shape index (κ2) is 6.87. The summed E-state index contributed by atoms with van der Waals surface area (Å²) in [6.07, 6.45) is 1.93. The molecule has 4 N–H and O–H groups in total. The van der Waals surface area contributed by atoms with Crippen LogP contribution in [0.2, 0.25) is 0 Å². The maximum Gasteiger partial charge on any atom is 0.225 e. The van der Waals surface area contributed by atoms with Crippen molar-refractivity contribution in [3.05, 3.63) is 24.0 Å². The molecule has 5 nitrogen and oxygen atoms in total. The molecule has 1 saturated carbocycles. The van der Waals surface area contributed by atoms with Gasteiger partial charge in [0.25, 0.3) is 0 Å². The highest BCUT2D eigenvalue weighted by molar-refractivity contribution is 5.91. The van der Waals surface area contributed by atoms with Crippen molar-refractivity contribution in [2.75, 3.05) is 31.2 Å². The van der Waals surface area contributed by atoms with E-state index in [9.17, 15) is 14.3 Å². The number of anilines is 2. The van der Waals surface area contributed by atoms with Crippen molar-refractivity contribution in [3.8, 4) is 0 Å². The van der Waals surface area contributed by atoms with E-state index in [-0.39, 0.29) is 17.7 Å². The molecule has 1 aromatic carbocycles. The molecule has 1 amide bonds. The fraction of sp³-hybridized carbons (Fsp3) is 0.533. The Morgan fingerprint density at radius 3 is 2.86 bits per heavy atom. The van der Waals surface area contributed by atoms with Crippen LogP contribution in [0.3, 0.4) is 0 Å². The minimum Gasteiger partial charge on any atom is -0.396 e. The van der Waals surface area contributed by atoms with Crippen LogP contribution in [0.4, 0.5) is 15.8 Å². The topological polar surface area (TPSA) is 78.6 Å². The zero-order chi connectivity index (χ0) is 15.4. The first-order chi connectivity index (χ1) is 9.94. The van der Waals surface area contributed by atoms with Gasteiger partial charge in [-0.05, 0) is 44.0 Å². The summed E-state index contributed by atoms with van der Waals surface area (Å²) in [5.41, 5.74) is 5.98. The number of nitrogens with one attached hydrogen (secondary N) is 1. The lowest BCUT2D eigenvalue weighted by atomic mass is 9.82. The van der Waals surface area contributed by atoms with Gasteiger partial charge in [0, 0.05) is 25.2 Å². The molecule has 1 fully saturated rings. The Bertz CT molecular complexity index is 504. The van der Waals surface area contributed by atoms with E-state index < -0.39 is 5.82 Å². The molecule has 1 aromatic rings. The maximum atomic E-state index is 13.0. The van der Waals surface area contributed by atoms with Gasteiger partial charge in [-0.2, -0.15) is 0 Å². The molecular formula is C15H22FN3O2. The average molecular weight is 295 g/mol. The fourth-order valence-corrected chi connectivity index (χ4v) is 2.52. The summed E-state index contributed by atoms with van der Waals surface area (Å²) in [6.45, 7) is 1.54. The molecule has 0 radical (unpaired) electrons. The molecule has 21 heavy (non-hydrogen) atoms. The predicted molar refractivity (Wildman–Crippen MR) is 80.3 cm³/mol. The summed E-state index contributed by atoms with van der Waals surface area (Å²) >= 11 is 0. The number of carbonyl (C=O) groups is 1. The number of benzene rings is 1. The van der Waals surface area contributed by atoms with Gasteiger partial charge in [0.1, 0.15) is 5.82 Å². The van der Waals surface area contributed by atoms with E-state index >= 15 is 0 Å². The van der Waals surface area contributed by atoms with E-state index in [4.69, 9.17) is 5.73 Å². The van der Waals surface area contributed by atoms with Crippen LogP contribution in [-0.4, -0.2) is 42.2 Å². The van der Waals surface area contributed by atoms with Gasteiger partial charge in [-0.3, -0.25) is 4.79 Å². The molecule has 2 rings (SSSR count). The number of aliphatic hydroxyl groups is 1. The molecular weight excluding hydrogens is 273 g/mol. The highest BCUT2D eigenvalue weighted by atomic mass is 19.1. The number of aliphatic hydroxyl groups excluding tert-OH is 1. The van der Waals surface area contributed by atoms with Crippen LogP contribution >= 0.6 is 0 Å². The SMILES string of the molecule is CN(CCC(=O)Nc1ccc(F)c(N)c1)CC1CC(O)C1. The fourth-order valence-electron chi connectivity index (χ4n) is 2.52. The number of carbonyl (C=O) groups excluding carboxylic acids is 1. The monoisotopic (exact) mass is 295 g/mol. The van der Waals surface area contributed by atoms with Gasteiger partial charge in [-0.25, -0.2) is 4.39 Å². The van der Waals surface area contributed by atoms with Crippen LogP contribution in [0, 0.1) is 11.7 Å². The quantitative estimate of drug-likeness (QED) is 0.694. The summed E-state index contributed by atoms with van der Waals surface area (Å²) < 4.78 is 13.0. The number of halogens is 1. The van der Waals surface area contributed by atoms with Gasteiger partial charge in [-0.15, -0.1) is 0 Å². The molecule has 0 saturated heterocycles. The summed E-state index contributed by atoms with van der Waals surface area (Å²) in [7, 11) is 1.97. The van der Waals surface area contributed by atoms with Crippen LogP contribution in [0.15, 0.2) is 18.2 Å². The van der Waals surface area contributed by atoms with Crippen molar-refractivity contribution in [3.63, 3.8) is 0 Å². The van der Waals surface area contributed by atoms with Crippen molar-refractivity contribution < 1.29 is 14.3 Å². The summed E-state index contributed by atoms with van der Waals surface area (Å²) in [6, 6.07) is 4.13. The molecule has 1 aliphatic rings. The van der Waals surface area contributed by atoms with Crippen molar-refractivity contribution in [2.24, 2.45) is 5.92 Å². The van der Waals surface area contributed by atoms with Crippen LogP contribution in [-0.2, 0) is 4.79 Å². The number of amides is 1. The molecule has 1 aliphatic carbocycles. The van der Waals surface area contributed by atoms with E-state index in [1.54, 1.807) is 0 Å². The predicted octanol–water partition coefficient (Wildman–Crippen LogP) is 1.44. The third kappa shape index (κ3) is 4.68. The van der Waals surface area contributed by atoms with Crippen molar-refractivity contribution >= 4 is 17.3 Å². The second-order valence-electron chi connectivity index (χ2n) is 5.79. The third-order valence-electron chi connectivity index (χ3n) is 3.78. The first-order valence-electron chi connectivity index (χ1n) is 7.15. The number of nitrogens with zero attached hydrogens (tertiary/aromatic N) is 1. The third-order valence-corrected chi connectivity index (χ3v) is 3.78. The van der Waals surface area contributed by atoms with Crippen molar-refractivity contribution in [2.45, 2.75) is 25.4 Å². The van der Waals surface area contributed by atoms with Gasteiger partial charge in [-0.1, -0.05) is 0 Å². The molecule has 0 aliphatic heterocycles. The molecule has 0 heterocycles. The minimum atomic E-state index is -0.490. The van der Waals surface area contributed by atoms with Crippen LogP contribution < -0.4 is 11.1 Å². The first-order valence-corrected chi connectivity index (χ1v) is 7.15. The van der Waals surface area contributed by atoms with Gasteiger partial charge < -0.3 is 21.1 Å². The number of nitrogens with two attached hydrogens (primary N) is 1. The van der Waals surface area contributed by atoms with Crippen LogP contribution in [0.25, 0.3) is 0 Å². The number of nitrogen functional groups attached to an aromatic ring is 1. The molecule has 0 spiro atoms. The average Bonchev–Trinajstić information content (AvgIpc) is 2.39. The largest absolute Gasteiger partial charge is 0.396 e. The zero-order valence-electron chi connectivity index (χ0n) is 12.2. The van der Waals surface area contributed by atoms with Gasteiger partial charge >= 0.3 is 0 Å².